The molecule has 5 heteroatoms. The summed E-state index contributed by atoms with van der Waals surface area (Å²) >= 11 is 3.17. The lowest BCUT2D eigenvalue weighted by molar-refractivity contribution is 0.172. The third-order valence-corrected chi connectivity index (χ3v) is 3.05. The SMILES string of the molecule is CNCC(O)c1c(C)c(Br)cc(F)c1O. The van der Waals surface area contributed by atoms with Crippen molar-refractivity contribution in [3.05, 3.63) is 27.5 Å². The monoisotopic (exact) mass is 277 g/mol. The largest absolute Gasteiger partial charge is 0.505 e. The van der Waals surface area contributed by atoms with Crippen molar-refractivity contribution in [1.29, 1.82) is 0 Å². The summed E-state index contributed by atoms with van der Waals surface area (Å²) < 4.78 is 13.7. The Balaban J connectivity index is 3.26. The van der Waals surface area contributed by atoms with Gasteiger partial charge < -0.3 is 15.5 Å². The van der Waals surface area contributed by atoms with Gasteiger partial charge in [-0.05, 0) is 25.6 Å². The standard InChI is InChI=1S/C10H13BrFNO2/c1-5-6(11)3-7(12)10(15)9(5)8(14)4-13-2/h3,8,13-15H,4H2,1-2H3. The first kappa shape index (κ1) is 12.4. The first-order valence-electron chi connectivity index (χ1n) is 4.49. The predicted molar refractivity (Wildman–Crippen MR) is 59.4 cm³/mol. The van der Waals surface area contributed by atoms with E-state index >= 15 is 0 Å². The second kappa shape index (κ2) is 4.92. The number of nitrogens with one attached hydrogen (secondary N) is 1. The number of phenolic OH excluding ortho intramolecular Hbond substituents is 1. The fourth-order valence-corrected chi connectivity index (χ4v) is 1.84. The molecular weight excluding hydrogens is 265 g/mol. The van der Waals surface area contributed by atoms with E-state index in [1.165, 1.54) is 6.07 Å². The van der Waals surface area contributed by atoms with Gasteiger partial charge in [0.25, 0.3) is 0 Å². The zero-order valence-electron chi connectivity index (χ0n) is 8.51. The number of phenols is 1. The zero-order chi connectivity index (χ0) is 11.6. The molecule has 0 heterocycles. The van der Waals surface area contributed by atoms with E-state index in [9.17, 15) is 14.6 Å². The minimum atomic E-state index is -0.929. The Morgan fingerprint density at radius 3 is 2.73 bits per heavy atom. The van der Waals surface area contributed by atoms with Crippen molar-refractivity contribution in [2.75, 3.05) is 13.6 Å². The summed E-state index contributed by atoms with van der Waals surface area (Å²) in [5.74, 6) is -1.23. The minimum absolute atomic E-state index is 0.219. The van der Waals surface area contributed by atoms with Gasteiger partial charge in [0.2, 0.25) is 0 Å². The minimum Gasteiger partial charge on any atom is -0.505 e. The number of hydrogen-bond acceptors (Lipinski definition) is 3. The molecule has 3 N–H and O–H groups in total. The molecule has 1 atom stereocenters. The molecule has 15 heavy (non-hydrogen) atoms. The molecule has 0 fully saturated rings. The number of rotatable bonds is 3. The van der Waals surface area contributed by atoms with Crippen LogP contribution in [0.4, 0.5) is 4.39 Å². The van der Waals surface area contributed by atoms with E-state index in [-0.39, 0.29) is 12.1 Å². The number of aromatic hydroxyl groups is 1. The maximum absolute atomic E-state index is 13.2. The summed E-state index contributed by atoms with van der Waals surface area (Å²) in [7, 11) is 1.67. The van der Waals surface area contributed by atoms with Crippen LogP contribution in [-0.2, 0) is 0 Å². The van der Waals surface area contributed by atoms with Crippen molar-refractivity contribution < 1.29 is 14.6 Å². The van der Waals surface area contributed by atoms with Crippen LogP contribution in [0.25, 0.3) is 0 Å². The van der Waals surface area contributed by atoms with Gasteiger partial charge in [0.1, 0.15) is 0 Å². The van der Waals surface area contributed by atoms with Gasteiger partial charge in [0.05, 0.1) is 6.10 Å². The van der Waals surface area contributed by atoms with Gasteiger partial charge >= 0.3 is 0 Å². The highest BCUT2D eigenvalue weighted by atomic mass is 79.9. The Morgan fingerprint density at radius 1 is 1.60 bits per heavy atom. The summed E-state index contributed by atoms with van der Waals surface area (Å²) in [6.45, 7) is 1.96. The van der Waals surface area contributed by atoms with Crippen LogP contribution in [0.3, 0.4) is 0 Å². The van der Waals surface area contributed by atoms with E-state index < -0.39 is 17.7 Å². The van der Waals surface area contributed by atoms with Crippen molar-refractivity contribution in [3.63, 3.8) is 0 Å². The van der Waals surface area contributed by atoms with Crippen LogP contribution >= 0.6 is 15.9 Å². The van der Waals surface area contributed by atoms with E-state index in [1.54, 1.807) is 14.0 Å². The van der Waals surface area contributed by atoms with Crippen LogP contribution in [0.2, 0.25) is 0 Å². The highest BCUT2D eigenvalue weighted by molar-refractivity contribution is 9.10. The molecular formula is C10H13BrFNO2. The number of hydrogen-bond donors (Lipinski definition) is 3. The van der Waals surface area contributed by atoms with Crippen molar-refractivity contribution in [2.24, 2.45) is 0 Å². The zero-order valence-corrected chi connectivity index (χ0v) is 10.1. The fraction of sp³-hybridized carbons (Fsp3) is 0.400. The number of aliphatic hydroxyl groups is 1. The van der Waals surface area contributed by atoms with Gasteiger partial charge in [0, 0.05) is 16.6 Å². The van der Waals surface area contributed by atoms with E-state index in [0.29, 0.717) is 10.0 Å². The first-order valence-corrected chi connectivity index (χ1v) is 5.28. The summed E-state index contributed by atoms with van der Waals surface area (Å²) in [6.07, 6.45) is -0.929. The molecule has 0 saturated carbocycles. The molecule has 0 amide bonds. The van der Waals surface area contributed by atoms with Crippen LogP contribution < -0.4 is 5.32 Å². The summed E-state index contributed by atoms with van der Waals surface area (Å²) in [5, 5.41) is 22.0. The molecule has 0 aromatic heterocycles. The highest BCUT2D eigenvalue weighted by Gasteiger charge is 2.19. The van der Waals surface area contributed by atoms with Crippen molar-refractivity contribution in [3.8, 4) is 5.75 Å². The Hall–Kier alpha value is -0.650. The molecule has 0 bridgehead atoms. The Morgan fingerprint density at radius 2 is 2.20 bits per heavy atom. The average molecular weight is 278 g/mol. The predicted octanol–water partition coefficient (Wildman–Crippen LogP) is 1.86. The number of benzene rings is 1. The molecule has 0 spiro atoms. The van der Waals surface area contributed by atoms with Crippen molar-refractivity contribution >= 4 is 15.9 Å². The summed E-state index contributed by atoms with van der Waals surface area (Å²) in [4.78, 5) is 0. The molecule has 0 radical (unpaired) electrons. The fourth-order valence-electron chi connectivity index (χ4n) is 1.43. The molecule has 1 aromatic carbocycles. The van der Waals surface area contributed by atoms with Gasteiger partial charge in [-0.1, -0.05) is 15.9 Å². The Bertz CT molecular complexity index is 345. The van der Waals surface area contributed by atoms with Crippen LogP contribution in [0.5, 0.6) is 5.75 Å². The Labute approximate surface area is 96.1 Å². The van der Waals surface area contributed by atoms with E-state index in [1.807, 2.05) is 0 Å². The van der Waals surface area contributed by atoms with Gasteiger partial charge in [-0.3, -0.25) is 0 Å². The second-order valence-corrected chi connectivity index (χ2v) is 4.16. The maximum atomic E-state index is 13.2. The van der Waals surface area contributed by atoms with E-state index in [2.05, 4.69) is 21.2 Å². The van der Waals surface area contributed by atoms with E-state index in [4.69, 9.17) is 0 Å². The highest BCUT2D eigenvalue weighted by Crippen LogP contribution is 2.34. The number of aliphatic hydroxyl groups excluding tert-OH is 1. The van der Waals surface area contributed by atoms with Gasteiger partial charge in [-0.2, -0.15) is 0 Å². The molecule has 0 aliphatic rings. The summed E-state index contributed by atoms with van der Waals surface area (Å²) in [6, 6.07) is 1.18. The van der Waals surface area contributed by atoms with E-state index in [0.717, 1.165) is 0 Å². The lowest BCUT2D eigenvalue weighted by Gasteiger charge is -2.16. The normalized spacial score (nSPS) is 12.9. The Kier molecular flexibility index (Phi) is 4.07. The van der Waals surface area contributed by atoms with Crippen molar-refractivity contribution in [1.82, 2.24) is 5.32 Å². The maximum Gasteiger partial charge on any atom is 0.166 e. The smallest absolute Gasteiger partial charge is 0.166 e. The molecule has 84 valence electrons. The third-order valence-electron chi connectivity index (χ3n) is 2.23. The van der Waals surface area contributed by atoms with Crippen LogP contribution in [0.1, 0.15) is 17.2 Å². The van der Waals surface area contributed by atoms with Crippen LogP contribution in [-0.4, -0.2) is 23.8 Å². The number of halogens is 2. The molecule has 1 aromatic rings. The third kappa shape index (κ3) is 2.48. The van der Waals surface area contributed by atoms with Gasteiger partial charge in [0.15, 0.2) is 11.6 Å². The van der Waals surface area contributed by atoms with Crippen LogP contribution in [0, 0.1) is 12.7 Å². The van der Waals surface area contributed by atoms with Gasteiger partial charge in [-0.15, -0.1) is 0 Å². The molecule has 0 saturated heterocycles. The summed E-state index contributed by atoms with van der Waals surface area (Å²) in [5.41, 5.74) is 0.855. The quantitative estimate of drug-likeness (QED) is 0.791. The molecule has 0 aliphatic carbocycles. The topological polar surface area (TPSA) is 52.5 Å². The second-order valence-electron chi connectivity index (χ2n) is 3.30. The van der Waals surface area contributed by atoms with Crippen molar-refractivity contribution in [2.45, 2.75) is 13.0 Å². The molecule has 3 nitrogen and oxygen atoms in total. The lowest BCUT2D eigenvalue weighted by Crippen LogP contribution is -2.18. The molecule has 1 unspecified atom stereocenters. The van der Waals surface area contributed by atoms with Crippen LogP contribution in [0.15, 0.2) is 10.5 Å². The first-order chi connectivity index (χ1) is 6.99. The molecule has 0 aliphatic heterocycles. The number of likely N-dealkylation sites (N-methyl/N-ethyl adjacent to an activating group) is 1. The molecule has 1 rings (SSSR count). The average Bonchev–Trinajstić information content (AvgIpc) is 2.16. The lowest BCUT2D eigenvalue weighted by atomic mass is 10.0. The van der Waals surface area contributed by atoms with Gasteiger partial charge in [-0.25, -0.2) is 4.39 Å².